The molecule has 2 aromatic carbocycles. The van der Waals surface area contributed by atoms with Crippen molar-refractivity contribution in [1.29, 1.82) is 0 Å². The Balaban J connectivity index is 1.66. The van der Waals surface area contributed by atoms with Crippen LogP contribution in [-0.2, 0) is 11.4 Å². The maximum atomic E-state index is 12.7. The van der Waals surface area contributed by atoms with Gasteiger partial charge in [-0.2, -0.15) is 0 Å². The standard InChI is InChI=1S/C22H26ClN3O3/c1-15(2)24-22(27)26(13-16-5-4-6-18(23)11-16)14-20-12-21(25-29-20)17-7-9-19(28-3)10-8-17/h4-11,15,20H,12-14H2,1-3H3,(H,24,27)/t20-/m1/s1. The number of nitrogens with zero attached hydrogens (tertiary/aromatic N) is 2. The zero-order chi connectivity index (χ0) is 20.8. The number of nitrogens with one attached hydrogen (secondary N) is 1. The molecule has 29 heavy (non-hydrogen) atoms. The van der Waals surface area contributed by atoms with Gasteiger partial charge in [-0.25, -0.2) is 4.79 Å². The Morgan fingerprint density at radius 3 is 2.72 bits per heavy atom. The number of carbonyl (C=O) groups is 1. The highest BCUT2D eigenvalue weighted by molar-refractivity contribution is 6.30. The van der Waals surface area contributed by atoms with Crippen molar-refractivity contribution in [3.8, 4) is 5.75 Å². The van der Waals surface area contributed by atoms with E-state index in [4.69, 9.17) is 21.2 Å². The lowest BCUT2D eigenvalue weighted by molar-refractivity contribution is 0.0586. The Morgan fingerprint density at radius 2 is 2.07 bits per heavy atom. The van der Waals surface area contributed by atoms with Crippen LogP contribution in [0.5, 0.6) is 5.75 Å². The molecule has 154 valence electrons. The molecule has 0 aromatic heterocycles. The van der Waals surface area contributed by atoms with Gasteiger partial charge in [0.05, 0.1) is 19.4 Å². The van der Waals surface area contributed by atoms with Crippen LogP contribution in [-0.4, -0.2) is 42.4 Å². The van der Waals surface area contributed by atoms with Crippen LogP contribution in [0.15, 0.2) is 53.7 Å². The molecule has 0 bridgehead atoms. The van der Waals surface area contributed by atoms with E-state index in [2.05, 4.69) is 10.5 Å². The van der Waals surface area contributed by atoms with Crippen molar-refractivity contribution in [2.75, 3.05) is 13.7 Å². The summed E-state index contributed by atoms with van der Waals surface area (Å²) in [6.45, 7) is 4.74. The molecule has 0 fully saturated rings. The normalized spacial score (nSPS) is 15.6. The van der Waals surface area contributed by atoms with Crippen LogP contribution in [0, 0.1) is 0 Å². The lowest BCUT2D eigenvalue weighted by atomic mass is 10.0. The predicted molar refractivity (Wildman–Crippen MR) is 115 cm³/mol. The minimum atomic E-state index is -0.204. The molecule has 0 aliphatic carbocycles. The molecular formula is C22H26ClN3O3. The van der Waals surface area contributed by atoms with Gasteiger partial charge in [0.2, 0.25) is 0 Å². The molecule has 1 heterocycles. The number of amides is 2. The molecule has 1 aliphatic rings. The second kappa shape index (κ2) is 9.65. The summed E-state index contributed by atoms with van der Waals surface area (Å²) in [6, 6.07) is 15.1. The van der Waals surface area contributed by atoms with Crippen molar-refractivity contribution >= 4 is 23.3 Å². The Kier molecular flexibility index (Phi) is 6.99. The molecule has 0 saturated heterocycles. The summed E-state index contributed by atoms with van der Waals surface area (Å²) in [4.78, 5) is 20.1. The molecule has 6 nitrogen and oxygen atoms in total. The fourth-order valence-electron chi connectivity index (χ4n) is 3.14. The Bertz CT molecular complexity index is 868. The lowest BCUT2D eigenvalue weighted by Crippen LogP contribution is -2.45. The summed E-state index contributed by atoms with van der Waals surface area (Å²) < 4.78 is 5.20. The molecule has 1 atom stereocenters. The second-order valence-corrected chi connectivity index (χ2v) is 7.75. The smallest absolute Gasteiger partial charge is 0.318 e. The topological polar surface area (TPSA) is 63.2 Å². The molecule has 0 spiro atoms. The molecule has 0 saturated carbocycles. The minimum absolute atomic E-state index is 0.0416. The maximum Gasteiger partial charge on any atom is 0.318 e. The van der Waals surface area contributed by atoms with Gasteiger partial charge >= 0.3 is 6.03 Å². The number of methoxy groups -OCH3 is 1. The third-order valence-corrected chi connectivity index (χ3v) is 4.78. The average Bonchev–Trinajstić information content (AvgIpc) is 3.15. The quantitative estimate of drug-likeness (QED) is 0.726. The fourth-order valence-corrected chi connectivity index (χ4v) is 3.35. The number of ether oxygens (including phenoxy) is 1. The SMILES string of the molecule is COc1ccc(C2=NO[C@@H](CN(Cc3cccc(Cl)c3)C(=O)NC(C)C)C2)cc1. The van der Waals surface area contributed by atoms with E-state index >= 15 is 0 Å². The van der Waals surface area contributed by atoms with Gasteiger partial charge in [0, 0.05) is 24.0 Å². The molecule has 3 rings (SSSR count). The van der Waals surface area contributed by atoms with E-state index < -0.39 is 0 Å². The van der Waals surface area contributed by atoms with Crippen molar-refractivity contribution in [2.24, 2.45) is 5.16 Å². The van der Waals surface area contributed by atoms with Gasteiger partial charge < -0.3 is 19.8 Å². The molecular weight excluding hydrogens is 390 g/mol. The monoisotopic (exact) mass is 415 g/mol. The largest absolute Gasteiger partial charge is 0.497 e. The first-order chi connectivity index (χ1) is 13.9. The van der Waals surface area contributed by atoms with Gasteiger partial charge in [-0.3, -0.25) is 0 Å². The molecule has 1 aliphatic heterocycles. The highest BCUT2D eigenvalue weighted by atomic mass is 35.5. The predicted octanol–water partition coefficient (Wildman–Crippen LogP) is 4.46. The summed E-state index contributed by atoms with van der Waals surface area (Å²) in [6.07, 6.45) is 0.428. The van der Waals surface area contributed by atoms with Gasteiger partial charge in [-0.1, -0.05) is 28.9 Å². The number of rotatable bonds is 7. The minimum Gasteiger partial charge on any atom is -0.497 e. The summed E-state index contributed by atoms with van der Waals surface area (Å²) in [5, 5.41) is 7.84. The van der Waals surface area contributed by atoms with Crippen molar-refractivity contribution in [3.63, 3.8) is 0 Å². The second-order valence-electron chi connectivity index (χ2n) is 7.31. The number of oxime groups is 1. The van der Waals surface area contributed by atoms with Crippen LogP contribution < -0.4 is 10.1 Å². The fraction of sp³-hybridized carbons (Fsp3) is 0.364. The van der Waals surface area contributed by atoms with Gasteiger partial charge in [0.1, 0.15) is 5.75 Å². The van der Waals surface area contributed by atoms with E-state index in [1.54, 1.807) is 12.0 Å². The Hall–Kier alpha value is -2.73. The molecule has 0 unspecified atom stereocenters. The maximum absolute atomic E-state index is 12.7. The zero-order valence-corrected chi connectivity index (χ0v) is 17.6. The zero-order valence-electron chi connectivity index (χ0n) is 16.9. The third-order valence-electron chi connectivity index (χ3n) is 4.54. The van der Waals surface area contributed by atoms with E-state index in [0.717, 1.165) is 22.6 Å². The molecule has 0 radical (unpaired) electrons. The Morgan fingerprint density at radius 1 is 1.31 bits per heavy atom. The highest BCUT2D eigenvalue weighted by Crippen LogP contribution is 2.21. The highest BCUT2D eigenvalue weighted by Gasteiger charge is 2.27. The van der Waals surface area contributed by atoms with E-state index in [0.29, 0.717) is 24.5 Å². The van der Waals surface area contributed by atoms with Crippen molar-refractivity contribution in [2.45, 2.75) is 39.0 Å². The number of hydrogen-bond donors (Lipinski definition) is 1. The van der Waals surface area contributed by atoms with Gasteiger partial charge in [-0.05, 0) is 61.4 Å². The van der Waals surface area contributed by atoms with Gasteiger partial charge in [0.25, 0.3) is 0 Å². The first kappa shape index (κ1) is 21.0. The first-order valence-corrected chi connectivity index (χ1v) is 9.99. The number of carbonyl (C=O) groups excluding carboxylic acids is 1. The van der Waals surface area contributed by atoms with Crippen LogP contribution in [0.3, 0.4) is 0 Å². The van der Waals surface area contributed by atoms with Crippen molar-refractivity contribution in [3.05, 3.63) is 64.7 Å². The van der Waals surface area contributed by atoms with E-state index in [1.165, 1.54) is 0 Å². The average molecular weight is 416 g/mol. The van der Waals surface area contributed by atoms with E-state index in [1.807, 2.05) is 62.4 Å². The summed E-state index contributed by atoms with van der Waals surface area (Å²) in [5.74, 6) is 0.794. The summed E-state index contributed by atoms with van der Waals surface area (Å²) in [7, 11) is 1.64. The lowest BCUT2D eigenvalue weighted by Gasteiger charge is -2.26. The first-order valence-electron chi connectivity index (χ1n) is 9.61. The van der Waals surface area contributed by atoms with Crippen LogP contribution in [0.25, 0.3) is 0 Å². The summed E-state index contributed by atoms with van der Waals surface area (Å²) >= 11 is 6.10. The number of hydrogen-bond acceptors (Lipinski definition) is 4. The third kappa shape index (κ3) is 5.87. The van der Waals surface area contributed by atoms with Crippen LogP contribution in [0.1, 0.15) is 31.4 Å². The number of urea groups is 1. The van der Waals surface area contributed by atoms with Crippen LogP contribution in [0.2, 0.25) is 5.02 Å². The van der Waals surface area contributed by atoms with Crippen LogP contribution >= 0.6 is 11.6 Å². The van der Waals surface area contributed by atoms with E-state index in [9.17, 15) is 4.79 Å². The van der Waals surface area contributed by atoms with E-state index in [-0.39, 0.29) is 18.2 Å². The van der Waals surface area contributed by atoms with Crippen molar-refractivity contribution in [1.82, 2.24) is 10.2 Å². The number of benzene rings is 2. The molecule has 2 amide bonds. The summed E-state index contributed by atoms with van der Waals surface area (Å²) in [5.41, 5.74) is 2.82. The molecule has 7 heteroatoms. The Labute approximate surface area is 176 Å². The molecule has 2 aromatic rings. The van der Waals surface area contributed by atoms with Gasteiger partial charge in [-0.15, -0.1) is 0 Å². The van der Waals surface area contributed by atoms with Gasteiger partial charge in [0.15, 0.2) is 6.10 Å². The van der Waals surface area contributed by atoms with Crippen molar-refractivity contribution < 1.29 is 14.4 Å². The van der Waals surface area contributed by atoms with Crippen LogP contribution in [0.4, 0.5) is 4.79 Å². The molecule has 1 N–H and O–H groups in total. The number of halogens is 1.